The van der Waals surface area contributed by atoms with Crippen LogP contribution in [0.1, 0.15) is 42.5 Å². The van der Waals surface area contributed by atoms with E-state index in [-0.39, 0.29) is 5.78 Å². The fourth-order valence-electron chi connectivity index (χ4n) is 2.56. The molecule has 3 heteroatoms. The molecule has 1 aliphatic carbocycles. The maximum atomic E-state index is 12.2. The summed E-state index contributed by atoms with van der Waals surface area (Å²) in [5.41, 5.74) is 0.693. The first-order valence-corrected chi connectivity index (χ1v) is 6.49. The summed E-state index contributed by atoms with van der Waals surface area (Å²) in [6, 6.07) is 5.37. The van der Waals surface area contributed by atoms with Crippen molar-refractivity contribution in [3.63, 3.8) is 0 Å². The van der Waals surface area contributed by atoms with Crippen molar-refractivity contribution in [2.24, 2.45) is 5.92 Å². The molecule has 1 fully saturated rings. The largest absolute Gasteiger partial charge is 0.497 e. The van der Waals surface area contributed by atoms with Crippen LogP contribution < -0.4 is 9.47 Å². The van der Waals surface area contributed by atoms with Crippen LogP contribution in [0.5, 0.6) is 11.5 Å². The van der Waals surface area contributed by atoms with Gasteiger partial charge in [0.2, 0.25) is 0 Å². The summed E-state index contributed by atoms with van der Waals surface area (Å²) in [6.45, 7) is 0. The number of benzene rings is 1. The van der Waals surface area contributed by atoms with Crippen molar-refractivity contribution in [1.82, 2.24) is 0 Å². The zero-order valence-electron chi connectivity index (χ0n) is 11.1. The molecule has 0 aromatic heterocycles. The number of carbonyl (C=O) groups excluding carboxylic acids is 1. The van der Waals surface area contributed by atoms with Gasteiger partial charge in [0.1, 0.15) is 11.5 Å². The predicted octanol–water partition coefficient (Wildman–Crippen LogP) is 3.47. The van der Waals surface area contributed by atoms with Crippen molar-refractivity contribution < 1.29 is 14.3 Å². The molecule has 0 spiro atoms. The molecule has 18 heavy (non-hydrogen) atoms. The number of methoxy groups -OCH3 is 2. The van der Waals surface area contributed by atoms with Gasteiger partial charge >= 0.3 is 0 Å². The molecule has 0 amide bonds. The highest BCUT2D eigenvalue weighted by Gasteiger charge is 2.20. The van der Waals surface area contributed by atoms with E-state index in [0.29, 0.717) is 29.4 Å². The van der Waals surface area contributed by atoms with Crippen molar-refractivity contribution in [3.8, 4) is 11.5 Å². The van der Waals surface area contributed by atoms with E-state index in [1.54, 1.807) is 32.4 Å². The Morgan fingerprint density at radius 2 is 1.67 bits per heavy atom. The highest BCUT2D eigenvalue weighted by molar-refractivity contribution is 5.97. The molecule has 1 aromatic rings. The molecular weight excluding hydrogens is 228 g/mol. The Morgan fingerprint density at radius 1 is 1.11 bits per heavy atom. The van der Waals surface area contributed by atoms with E-state index in [0.717, 1.165) is 0 Å². The van der Waals surface area contributed by atoms with Crippen molar-refractivity contribution in [2.75, 3.05) is 14.2 Å². The first kappa shape index (κ1) is 12.9. The minimum atomic E-state index is 0.194. The molecular formula is C15H20O3. The van der Waals surface area contributed by atoms with Gasteiger partial charge in [-0.25, -0.2) is 0 Å². The van der Waals surface area contributed by atoms with Crippen LogP contribution in [0.15, 0.2) is 18.2 Å². The Hall–Kier alpha value is -1.51. The zero-order chi connectivity index (χ0) is 13.0. The summed E-state index contributed by atoms with van der Waals surface area (Å²) in [6.07, 6.45) is 5.55. The van der Waals surface area contributed by atoms with Crippen LogP contribution in [0.3, 0.4) is 0 Å². The van der Waals surface area contributed by atoms with Crippen LogP contribution in [0.2, 0.25) is 0 Å². The number of rotatable bonds is 5. The van der Waals surface area contributed by atoms with Crippen molar-refractivity contribution in [2.45, 2.75) is 32.1 Å². The van der Waals surface area contributed by atoms with Gasteiger partial charge in [-0.15, -0.1) is 0 Å². The van der Waals surface area contributed by atoms with Crippen molar-refractivity contribution in [3.05, 3.63) is 23.8 Å². The molecule has 0 saturated heterocycles. The third-order valence-corrected chi connectivity index (χ3v) is 3.62. The topological polar surface area (TPSA) is 35.5 Å². The SMILES string of the molecule is COc1cc(OC)cc(C(=O)CC2CCCC2)c1. The molecule has 0 unspecified atom stereocenters. The summed E-state index contributed by atoms with van der Waals surface area (Å²) >= 11 is 0. The van der Waals surface area contributed by atoms with Gasteiger partial charge in [-0.1, -0.05) is 25.7 Å². The van der Waals surface area contributed by atoms with Crippen molar-refractivity contribution >= 4 is 5.78 Å². The Bertz CT molecular complexity index is 397. The summed E-state index contributed by atoms with van der Waals surface area (Å²) in [7, 11) is 3.19. The Balaban J connectivity index is 2.12. The molecule has 0 N–H and O–H groups in total. The summed E-state index contributed by atoms with van der Waals surface area (Å²) in [4.78, 5) is 12.2. The van der Waals surface area contributed by atoms with Gasteiger partial charge in [0.15, 0.2) is 5.78 Å². The summed E-state index contributed by atoms with van der Waals surface area (Å²) in [5, 5.41) is 0. The van der Waals surface area contributed by atoms with Crippen LogP contribution >= 0.6 is 0 Å². The number of hydrogen-bond donors (Lipinski definition) is 0. The first-order chi connectivity index (χ1) is 8.72. The second-order valence-electron chi connectivity index (χ2n) is 4.88. The molecule has 2 rings (SSSR count). The van der Waals surface area contributed by atoms with Crippen LogP contribution in [0.25, 0.3) is 0 Å². The zero-order valence-corrected chi connectivity index (χ0v) is 11.1. The first-order valence-electron chi connectivity index (χ1n) is 6.49. The fraction of sp³-hybridized carbons (Fsp3) is 0.533. The maximum absolute atomic E-state index is 12.2. The van der Waals surface area contributed by atoms with E-state index < -0.39 is 0 Å². The standard InChI is InChI=1S/C15H20O3/c1-17-13-8-12(9-14(10-13)18-2)15(16)7-11-5-3-4-6-11/h8-11H,3-7H2,1-2H3. The molecule has 3 nitrogen and oxygen atoms in total. The van der Waals surface area contributed by atoms with E-state index >= 15 is 0 Å². The van der Waals surface area contributed by atoms with Crippen LogP contribution in [0, 0.1) is 5.92 Å². The molecule has 0 aliphatic heterocycles. The number of carbonyl (C=O) groups is 1. The summed E-state index contributed by atoms with van der Waals surface area (Å²) < 4.78 is 10.4. The third kappa shape index (κ3) is 3.03. The molecule has 0 bridgehead atoms. The minimum Gasteiger partial charge on any atom is -0.497 e. The summed E-state index contributed by atoms with van der Waals surface area (Å²) in [5.74, 6) is 2.10. The van der Waals surface area contributed by atoms with Gasteiger partial charge in [0, 0.05) is 18.1 Å². The Kier molecular flexibility index (Phi) is 4.24. The van der Waals surface area contributed by atoms with Gasteiger partial charge in [0.25, 0.3) is 0 Å². The van der Waals surface area contributed by atoms with Gasteiger partial charge < -0.3 is 9.47 Å². The van der Waals surface area contributed by atoms with Crippen LogP contribution in [-0.4, -0.2) is 20.0 Å². The lowest BCUT2D eigenvalue weighted by atomic mass is 9.97. The van der Waals surface area contributed by atoms with E-state index in [1.165, 1.54) is 25.7 Å². The van der Waals surface area contributed by atoms with E-state index in [9.17, 15) is 4.79 Å². The monoisotopic (exact) mass is 248 g/mol. The fourth-order valence-corrected chi connectivity index (χ4v) is 2.56. The maximum Gasteiger partial charge on any atom is 0.163 e. The second kappa shape index (κ2) is 5.89. The van der Waals surface area contributed by atoms with Gasteiger partial charge in [-0.3, -0.25) is 4.79 Å². The van der Waals surface area contributed by atoms with Gasteiger partial charge in [0.05, 0.1) is 14.2 Å². The Labute approximate surface area is 108 Å². The molecule has 0 atom stereocenters. The third-order valence-electron chi connectivity index (χ3n) is 3.62. The van der Waals surface area contributed by atoms with Gasteiger partial charge in [-0.05, 0) is 18.1 Å². The number of ether oxygens (including phenoxy) is 2. The van der Waals surface area contributed by atoms with E-state index in [4.69, 9.17) is 9.47 Å². The average Bonchev–Trinajstić information content (AvgIpc) is 2.90. The lowest BCUT2D eigenvalue weighted by Crippen LogP contribution is -2.06. The minimum absolute atomic E-state index is 0.194. The molecule has 98 valence electrons. The quantitative estimate of drug-likeness (QED) is 0.748. The molecule has 1 aromatic carbocycles. The highest BCUT2D eigenvalue weighted by atomic mass is 16.5. The Morgan fingerprint density at radius 3 is 2.17 bits per heavy atom. The molecule has 1 aliphatic rings. The second-order valence-corrected chi connectivity index (χ2v) is 4.88. The smallest absolute Gasteiger partial charge is 0.163 e. The number of ketones is 1. The van der Waals surface area contributed by atoms with Crippen molar-refractivity contribution in [1.29, 1.82) is 0 Å². The predicted molar refractivity (Wildman–Crippen MR) is 70.5 cm³/mol. The van der Waals surface area contributed by atoms with E-state index in [1.807, 2.05) is 0 Å². The number of Topliss-reactive ketones (excluding diaryl/α,β-unsaturated/α-hetero) is 1. The average molecular weight is 248 g/mol. The van der Waals surface area contributed by atoms with E-state index in [2.05, 4.69) is 0 Å². The normalized spacial score (nSPS) is 15.7. The number of hydrogen-bond acceptors (Lipinski definition) is 3. The lowest BCUT2D eigenvalue weighted by molar-refractivity contribution is 0.0961. The highest BCUT2D eigenvalue weighted by Crippen LogP contribution is 2.30. The lowest BCUT2D eigenvalue weighted by Gasteiger charge is -2.10. The molecule has 0 heterocycles. The molecule has 1 saturated carbocycles. The van der Waals surface area contributed by atoms with Crippen LogP contribution in [-0.2, 0) is 0 Å². The van der Waals surface area contributed by atoms with Gasteiger partial charge in [-0.2, -0.15) is 0 Å². The van der Waals surface area contributed by atoms with Crippen LogP contribution in [0.4, 0.5) is 0 Å². The molecule has 0 radical (unpaired) electrons.